The molecule has 0 aromatic carbocycles. The highest BCUT2D eigenvalue weighted by molar-refractivity contribution is 5.74. The van der Waals surface area contributed by atoms with Gasteiger partial charge in [0, 0.05) is 6.04 Å². The topological polar surface area (TPSA) is 52.3 Å². The highest BCUT2D eigenvalue weighted by atomic mass is 16.5. The molecule has 0 saturated heterocycles. The largest absolute Gasteiger partial charge is 0.466 e. The molecule has 4 atom stereocenters. The van der Waals surface area contributed by atoms with E-state index in [9.17, 15) is 4.79 Å². The van der Waals surface area contributed by atoms with Crippen molar-refractivity contribution in [1.29, 1.82) is 0 Å². The molecule has 78 valence electrons. The Hall–Kier alpha value is -0.830. The first kappa shape index (κ1) is 9.71. The zero-order valence-corrected chi connectivity index (χ0v) is 8.48. The summed E-state index contributed by atoms with van der Waals surface area (Å²) < 4.78 is 5.05. The van der Waals surface area contributed by atoms with Crippen LogP contribution < -0.4 is 5.73 Å². The van der Waals surface area contributed by atoms with Gasteiger partial charge in [-0.05, 0) is 31.6 Å². The first-order chi connectivity index (χ1) is 6.74. The van der Waals surface area contributed by atoms with Gasteiger partial charge in [-0.1, -0.05) is 12.2 Å². The molecule has 0 aromatic rings. The molecule has 1 fully saturated rings. The average Bonchev–Trinajstić information content (AvgIpc) is 2.19. The van der Waals surface area contributed by atoms with E-state index in [-0.39, 0.29) is 17.9 Å². The third-order valence-electron chi connectivity index (χ3n) is 3.37. The second-order valence-corrected chi connectivity index (χ2v) is 4.15. The van der Waals surface area contributed by atoms with Gasteiger partial charge in [0.25, 0.3) is 0 Å². The molecule has 3 aliphatic carbocycles. The number of hydrogen-bond acceptors (Lipinski definition) is 3. The quantitative estimate of drug-likeness (QED) is 0.530. The zero-order chi connectivity index (χ0) is 10.1. The van der Waals surface area contributed by atoms with E-state index in [4.69, 9.17) is 10.5 Å². The van der Waals surface area contributed by atoms with Crippen LogP contribution in [0.15, 0.2) is 12.2 Å². The van der Waals surface area contributed by atoms with E-state index in [0.29, 0.717) is 18.4 Å². The van der Waals surface area contributed by atoms with E-state index in [0.717, 1.165) is 12.8 Å². The van der Waals surface area contributed by atoms with Crippen molar-refractivity contribution in [2.45, 2.75) is 25.8 Å². The molecule has 0 radical (unpaired) electrons. The van der Waals surface area contributed by atoms with Crippen LogP contribution in [0.5, 0.6) is 0 Å². The monoisotopic (exact) mass is 195 g/mol. The number of allylic oxidation sites excluding steroid dienone is 1. The van der Waals surface area contributed by atoms with Crippen molar-refractivity contribution < 1.29 is 9.53 Å². The van der Waals surface area contributed by atoms with Gasteiger partial charge in [0.05, 0.1) is 12.5 Å². The summed E-state index contributed by atoms with van der Waals surface area (Å²) in [6.07, 6.45) is 6.50. The summed E-state index contributed by atoms with van der Waals surface area (Å²) in [6, 6.07) is -0.0298. The number of hydrogen-bond donors (Lipinski definition) is 1. The zero-order valence-electron chi connectivity index (χ0n) is 8.48. The molecular formula is C11H17NO2. The molecule has 0 spiro atoms. The van der Waals surface area contributed by atoms with Gasteiger partial charge in [0.15, 0.2) is 0 Å². The molecule has 0 aromatic heterocycles. The summed E-state index contributed by atoms with van der Waals surface area (Å²) in [5, 5.41) is 0. The van der Waals surface area contributed by atoms with Crippen molar-refractivity contribution >= 4 is 5.97 Å². The first-order valence-corrected chi connectivity index (χ1v) is 5.34. The first-order valence-electron chi connectivity index (χ1n) is 5.34. The normalized spacial score (nSPS) is 39.9. The maximum Gasteiger partial charge on any atom is 0.311 e. The van der Waals surface area contributed by atoms with E-state index >= 15 is 0 Å². The van der Waals surface area contributed by atoms with Crippen LogP contribution in [-0.2, 0) is 9.53 Å². The van der Waals surface area contributed by atoms with Crippen molar-refractivity contribution in [3.05, 3.63) is 12.2 Å². The Bertz CT molecular complexity index is 262. The fraction of sp³-hybridized carbons (Fsp3) is 0.727. The third kappa shape index (κ3) is 1.46. The minimum Gasteiger partial charge on any atom is -0.466 e. The van der Waals surface area contributed by atoms with Gasteiger partial charge in [0.2, 0.25) is 0 Å². The molecule has 3 nitrogen and oxygen atoms in total. The highest BCUT2D eigenvalue weighted by Gasteiger charge is 2.43. The second kappa shape index (κ2) is 3.73. The van der Waals surface area contributed by atoms with Crippen LogP contribution in [0.4, 0.5) is 0 Å². The lowest BCUT2D eigenvalue weighted by Gasteiger charge is -2.41. The molecule has 2 bridgehead atoms. The highest BCUT2D eigenvalue weighted by Crippen LogP contribution is 2.40. The lowest BCUT2D eigenvalue weighted by Crippen LogP contribution is -2.50. The van der Waals surface area contributed by atoms with E-state index < -0.39 is 0 Å². The maximum atomic E-state index is 11.7. The Labute approximate surface area is 84.3 Å². The van der Waals surface area contributed by atoms with Crippen LogP contribution in [0.1, 0.15) is 19.8 Å². The van der Waals surface area contributed by atoms with Crippen molar-refractivity contribution in [3.8, 4) is 0 Å². The minimum absolute atomic E-state index is 0.0298. The molecule has 2 N–H and O–H groups in total. The third-order valence-corrected chi connectivity index (χ3v) is 3.37. The summed E-state index contributed by atoms with van der Waals surface area (Å²) in [4.78, 5) is 11.7. The number of carbonyl (C=O) groups is 1. The smallest absolute Gasteiger partial charge is 0.311 e. The van der Waals surface area contributed by atoms with E-state index in [1.807, 2.05) is 6.92 Å². The van der Waals surface area contributed by atoms with Crippen LogP contribution in [0, 0.1) is 17.8 Å². The number of esters is 1. The average molecular weight is 195 g/mol. The van der Waals surface area contributed by atoms with Gasteiger partial charge in [0.1, 0.15) is 0 Å². The molecule has 1 saturated carbocycles. The minimum atomic E-state index is -0.112. The molecule has 0 unspecified atom stereocenters. The Balaban J connectivity index is 2.12. The molecule has 0 aliphatic heterocycles. The van der Waals surface area contributed by atoms with Crippen LogP contribution >= 0.6 is 0 Å². The van der Waals surface area contributed by atoms with Crippen molar-refractivity contribution in [3.63, 3.8) is 0 Å². The van der Waals surface area contributed by atoms with E-state index in [1.54, 1.807) is 0 Å². The summed E-state index contributed by atoms with van der Waals surface area (Å²) in [5.41, 5.74) is 6.04. The second-order valence-electron chi connectivity index (χ2n) is 4.15. The van der Waals surface area contributed by atoms with Gasteiger partial charge in [-0.3, -0.25) is 4.79 Å². The molecule has 3 heteroatoms. The molecule has 3 rings (SSSR count). The van der Waals surface area contributed by atoms with Crippen LogP contribution in [0.25, 0.3) is 0 Å². The number of ether oxygens (including phenoxy) is 1. The van der Waals surface area contributed by atoms with Gasteiger partial charge >= 0.3 is 5.97 Å². The molecule has 0 amide bonds. The van der Waals surface area contributed by atoms with Gasteiger partial charge < -0.3 is 10.5 Å². The lowest BCUT2D eigenvalue weighted by molar-refractivity contribution is -0.152. The molecular weight excluding hydrogens is 178 g/mol. The maximum absolute atomic E-state index is 11.7. The van der Waals surface area contributed by atoms with Gasteiger partial charge in [-0.25, -0.2) is 0 Å². The van der Waals surface area contributed by atoms with Crippen molar-refractivity contribution in [2.75, 3.05) is 6.61 Å². The summed E-state index contributed by atoms with van der Waals surface area (Å²) in [6.45, 7) is 2.28. The molecule has 3 aliphatic rings. The predicted molar refractivity (Wildman–Crippen MR) is 53.5 cm³/mol. The predicted octanol–water partition coefficient (Wildman–Crippen LogP) is 1.09. The van der Waals surface area contributed by atoms with Crippen LogP contribution in [0.2, 0.25) is 0 Å². The van der Waals surface area contributed by atoms with Crippen molar-refractivity contribution in [1.82, 2.24) is 0 Å². The number of carbonyl (C=O) groups excluding carboxylic acids is 1. The Morgan fingerprint density at radius 1 is 1.43 bits per heavy atom. The summed E-state index contributed by atoms with van der Waals surface area (Å²) in [7, 11) is 0. The number of fused-ring (bicyclic) bond motifs is 2. The molecule has 14 heavy (non-hydrogen) atoms. The fourth-order valence-corrected chi connectivity index (χ4v) is 2.60. The van der Waals surface area contributed by atoms with Crippen LogP contribution in [-0.4, -0.2) is 18.6 Å². The lowest BCUT2D eigenvalue weighted by atomic mass is 9.66. The SMILES string of the molecule is CCOC(=O)[C@@H]1[C@H](N)[C@H]2C=C[C@H]1CC2. The van der Waals surface area contributed by atoms with Crippen molar-refractivity contribution in [2.24, 2.45) is 23.5 Å². The number of rotatable bonds is 2. The standard InChI is InChI=1S/C11H17NO2/c1-2-14-11(13)9-7-3-5-8(6-4-7)10(9)12/h3,5,7-10H,2,4,6,12H2,1H3/t7-,8-,9-,10+/m0/s1. The Morgan fingerprint density at radius 3 is 2.57 bits per heavy atom. The van der Waals surface area contributed by atoms with Crippen LogP contribution in [0.3, 0.4) is 0 Å². The summed E-state index contributed by atoms with van der Waals surface area (Å²) in [5.74, 6) is 0.487. The Kier molecular flexibility index (Phi) is 2.59. The van der Waals surface area contributed by atoms with E-state index in [2.05, 4.69) is 12.2 Å². The molecule has 0 heterocycles. The summed E-state index contributed by atoms with van der Waals surface area (Å²) >= 11 is 0. The number of nitrogens with two attached hydrogens (primary N) is 1. The van der Waals surface area contributed by atoms with Gasteiger partial charge in [-0.2, -0.15) is 0 Å². The Morgan fingerprint density at radius 2 is 2.07 bits per heavy atom. The van der Waals surface area contributed by atoms with Gasteiger partial charge in [-0.15, -0.1) is 0 Å². The fourth-order valence-electron chi connectivity index (χ4n) is 2.60. The van der Waals surface area contributed by atoms with E-state index in [1.165, 1.54) is 0 Å².